The van der Waals surface area contributed by atoms with Gasteiger partial charge in [-0.15, -0.1) is 0 Å². The van der Waals surface area contributed by atoms with Crippen LogP contribution in [0, 0.1) is 5.95 Å². The summed E-state index contributed by atoms with van der Waals surface area (Å²) in [5.74, 6) is -0.839. The molecule has 2 nitrogen and oxygen atoms in total. The molecule has 0 amide bonds. The van der Waals surface area contributed by atoms with Gasteiger partial charge >= 0.3 is 0 Å². The smallest absolute Gasteiger partial charge is 0.213 e. The van der Waals surface area contributed by atoms with E-state index in [-0.39, 0.29) is 11.3 Å². The van der Waals surface area contributed by atoms with Crippen LogP contribution in [0.25, 0.3) is 11.1 Å². The molecule has 16 heavy (non-hydrogen) atoms. The minimum Gasteiger partial charge on any atom is -0.506 e. The van der Waals surface area contributed by atoms with E-state index in [1.54, 1.807) is 18.2 Å². The Morgan fingerprint density at radius 2 is 1.88 bits per heavy atom. The Labute approximate surface area is 101 Å². The normalized spacial score (nSPS) is 10.4. The van der Waals surface area contributed by atoms with E-state index in [4.69, 9.17) is 23.2 Å². The SMILES string of the molecule is Oc1cnc(F)cc1-c1cc(Cl)ccc1Cl. The number of rotatable bonds is 1. The van der Waals surface area contributed by atoms with Crippen LogP contribution in [0.15, 0.2) is 30.5 Å². The van der Waals surface area contributed by atoms with Gasteiger partial charge in [0.05, 0.1) is 6.20 Å². The molecule has 1 N–H and O–H groups in total. The number of pyridine rings is 1. The highest BCUT2D eigenvalue weighted by atomic mass is 35.5. The van der Waals surface area contributed by atoms with E-state index >= 15 is 0 Å². The Hall–Kier alpha value is -1.32. The molecule has 0 radical (unpaired) electrons. The highest BCUT2D eigenvalue weighted by Gasteiger charge is 2.10. The molecule has 2 rings (SSSR count). The second-order valence-corrected chi connectivity index (χ2v) is 3.99. The van der Waals surface area contributed by atoms with Crippen molar-refractivity contribution in [3.05, 3.63) is 46.5 Å². The van der Waals surface area contributed by atoms with Crippen LogP contribution in [0.3, 0.4) is 0 Å². The summed E-state index contributed by atoms with van der Waals surface area (Å²) in [7, 11) is 0. The van der Waals surface area contributed by atoms with Gasteiger partial charge in [0.25, 0.3) is 0 Å². The van der Waals surface area contributed by atoms with Gasteiger partial charge in [-0.05, 0) is 18.2 Å². The van der Waals surface area contributed by atoms with Crippen molar-refractivity contribution >= 4 is 23.2 Å². The highest BCUT2D eigenvalue weighted by molar-refractivity contribution is 6.35. The molecule has 0 saturated heterocycles. The molecular formula is C11H6Cl2FNO. The second-order valence-electron chi connectivity index (χ2n) is 3.15. The van der Waals surface area contributed by atoms with Crippen molar-refractivity contribution in [3.8, 4) is 16.9 Å². The van der Waals surface area contributed by atoms with Crippen molar-refractivity contribution in [2.24, 2.45) is 0 Å². The van der Waals surface area contributed by atoms with Gasteiger partial charge < -0.3 is 5.11 Å². The molecule has 1 aromatic carbocycles. The summed E-state index contributed by atoms with van der Waals surface area (Å²) in [6.07, 6.45) is 1.03. The van der Waals surface area contributed by atoms with E-state index in [1.807, 2.05) is 0 Å². The van der Waals surface area contributed by atoms with E-state index in [0.29, 0.717) is 15.6 Å². The third-order valence-electron chi connectivity index (χ3n) is 2.07. The molecular weight excluding hydrogens is 252 g/mol. The molecule has 0 aliphatic rings. The molecule has 1 aromatic heterocycles. The molecule has 0 bridgehead atoms. The average molecular weight is 258 g/mol. The molecule has 0 saturated carbocycles. The first-order valence-electron chi connectivity index (χ1n) is 4.38. The monoisotopic (exact) mass is 257 g/mol. The van der Waals surface area contributed by atoms with Crippen molar-refractivity contribution < 1.29 is 9.50 Å². The fourth-order valence-electron chi connectivity index (χ4n) is 1.34. The maximum absolute atomic E-state index is 13.0. The number of benzene rings is 1. The van der Waals surface area contributed by atoms with Crippen molar-refractivity contribution in [2.45, 2.75) is 0 Å². The number of aromatic nitrogens is 1. The summed E-state index contributed by atoms with van der Waals surface area (Å²) >= 11 is 11.8. The molecule has 2 aromatic rings. The zero-order valence-electron chi connectivity index (χ0n) is 7.92. The Kier molecular flexibility index (Phi) is 2.99. The Bertz CT molecular complexity index is 496. The van der Waals surface area contributed by atoms with Crippen LogP contribution in [-0.4, -0.2) is 10.1 Å². The van der Waals surface area contributed by atoms with E-state index in [9.17, 15) is 9.50 Å². The van der Waals surface area contributed by atoms with Crippen molar-refractivity contribution in [2.75, 3.05) is 0 Å². The van der Waals surface area contributed by atoms with Crippen LogP contribution in [0.4, 0.5) is 4.39 Å². The van der Waals surface area contributed by atoms with Gasteiger partial charge in [-0.2, -0.15) is 4.39 Å². The minimum atomic E-state index is -0.691. The third kappa shape index (κ3) is 2.10. The molecule has 0 atom stereocenters. The van der Waals surface area contributed by atoms with E-state index in [2.05, 4.69) is 4.98 Å². The van der Waals surface area contributed by atoms with Crippen molar-refractivity contribution in [1.29, 1.82) is 0 Å². The Balaban J connectivity index is 2.66. The highest BCUT2D eigenvalue weighted by Crippen LogP contribution is 2.35. The number of nitrogens with zero attached hydrogens (tertiary/aromatic N) is 1. The van der Waals surface area contributed by atoms with Crippen molar-refractivity contribution in [1.82, 2.24) is 4.98 Å². The predicted octanol–water partition coefficient (Wildman–Crippen LogP) is 3.90. The Morgan fingerprint density at radius 1 is 1.12 bits per heavy atom. The van der Waals surface area contributed by atoms with Gasteiger partial charge in [-0.3, -0.25) is 0 Å². The topological polar surface area (TPSA) is 33.1 Å². The third-order valence-corrected chi connectivity index (χ3v) is 2.63. The average Bonchev–Trinajstić information content (AvgIpc) is 2.25. The summed E-state index contributed by atoms with van der Waals surface area (Å²) in [5.41, 5.74) is 0.730. The number of aromatic hydroxyl groups is 1. The summed E-state index contributed by atoms with van der Waals surface area (Å²) in [6.45, 7) is 0. The largest absolute Gasteiger partial charge is 0.506 e. The standard InChI is InChI=1S/C11H6Cl2FNO/c12-6-1-2-9(13)7(3-6)8-4-11(14)15-5-10(8)16/h1-5,16H. The summed E-state index contributed by atoms with van der Waals surface area (Å²) in [5, 5.41) is 10.4. The first-order valence-corrected chi connectivity index (χ1v) is 5.13. The lowest BCUT2D eigenvalue weighted by molar-refractivity contribution is 0.469. The minimum absolute atomic E-state index is 0.148. The fraction of sp³-hybridized carbons (Fsp3) is 0. The lowest BCUT2D eigenvalue weighted by Crippen LogP contribution is -1.86. The Morgan fingerprint density at radius 3 is 2.62 bits per heavy atom. The molecule has 0 aliphatic carbocycles. The van der Waals surface area contributed by atoms with Crippen molar-refractivity contribution in [3.63, 3.8) is 0 Å². The zero-order valence-corrected chi connectivity index (χ0v) is 9.43. The molecule has 0 spiro atoms. The van der Waals surface area contributed by atoms with Gasteiger partial charge in [-0.25, -0.2) is 4.98 Å². The molecule has 82 valence electrons. The van der Waals surface area contributed by atoms with Crippen LogP contribution in [0.5, 0.6) is 5.75 Å². The molecule has 0 fully saturated rings. The van der Waals surface area contributed by atoms with Gasteiger partial charge in [0.1, 0.15) is 5.75 Å². The summed E-state index contributed by atoms with van der Waals surface area (Å²) in [4.78, 5) is 3.32. The molecule has 0 unspecified atom stereocenters. The van der Waals surface area contributed by atoms with E-state index in [0.717, 1.165) is 12.3 Å². The van der Waals surface area contributed by atoms with E-state index in [1.165, 1.54) is 0 Å². The number of hydrogen-bond acceptors (Lipinski definition) is 2. The quantitative estimate of drug-likeness (QED) is 0.787. The molecule has 5 heteroatoms. The van der Waals surface area contributed by atoms with Crippen LogP contribution in [-0.2, 0) is 0 Å². The fourth-order valence-corrected chi connectivity index (χ4v) is 1.73. The van der Waals surface area contributed by atoms with Gasteiger partial charge in [0.15, 0.2) is 0 Å². The molecule has 1 heterocycles. The maximum atomic E-state index is 13.0. The first-order chi connectivity index (χ1) is 7.58. The molecule has 0 aliphatic heterocycles. The summed E-state index contributed by atoms with van der Waals surface area (Å²) in [6, 6.07) is 5.85. The summed E-state index contributed by atoms with van der Waals surface area (Å²) < 4.78 is 13.0. The predicted molar refractivity (Wildman–Crippen MR) is 61.3 cm³/mol. The van der Waals surface area contributed by atoms with E-state index < -0.39 is 5.95 Å². The zero-order chi connectivity index (χ0) is 11.7. The second kappa shape index (κ2) is 4.28. The maximum Gasteiger partial charge on any atom is 0.213 e. The van der Waals surface area contributed by atoms with Gasteiger partial charge in [0.2, 0.25) is 5.95 Å². The van der Waals surface area contributed by atoms with Gasteiger partial charge in [-0.1, -0.05) is 23.2 Å². The first kappa shape index (κ1) is 11.2. The van der Waals surface area contributed by atoms with Crippen LogP contribution >= 0.6 is 23.2 Å². The van der Waals surface area contributed by atoms with Crippen LogP contribution in [0.1, 0.15) is 0 Å². The number of halogens is 3. The van der Waals surface area contributed by atoms with Crippen LogP contribution in [0.2, 0.25) is 10.0 Å². The van der Waals surface area contributed by atoms with Crippen LogP contribution < -0.4 is 0 Å². The lowest BCUT2D eigenvalue weighted by Gasteiger charge is -2.07. The lowest BCUT2D eigenvalue weighted by atomic mass is 10.1. The van der Waals surface area contributed by atoms with Gasteiger partial charge in [0, 0.05) is 27.2 Å². The number of hydrogen-bond donors (Lipinski definition) is 1.